The number of aromatic amines is 1. The molecular weight excluding hydrogens is 360 g/mol. The molecule has 4 rings (SSSR count). The third-order valence-corrected chi connectivity index (χ3v) is 5.68. The first-order valence-corrected chi connectivity index (χ1v) is 9.28. The second-order valence-electron chi connectivity index (χ2n) is 5.12. The van der Waals surface area contributed by atoms with Gasteiger partial charge in [-0.25, -0.2) is 4.98 Å². The fraction of sp³-hybridized carbons (Fsp3) is 0. The van der Waals surface area contributed by atoms with Crippen LogP contribution in [0.1, 0.15) is 10.7 Å². The third kappa shape index (κ3) is 2.94. The fourth-order valence-corrected chi connectivity index (χ4v) is 4.32. The van der Waals surface area contributed by atoms with E-state index in [9.17, 15) is 4.79 Å². The number of H-pyrrole nitrogens is 1. The van der Waals surface area contributed by atoms with Crippen molar-refractivity contribution in [3.05, 3.63) is 75.0 Å². The molecule has 6 heteroatoms. The van der Waals surface area contributed by atoms with Crippen LogP contribution < -0.4 is 5.56 Å². The second kappa shape index (κ2) is 6.36. The fourth-order valence-electron chi connectivity index (χ4n) is 2.36. The summed E-state index contributed by atoms with van der Waals surface area (Å²) in [5.74, 6) is 0.393. The molecule has 3 heterocycles. The lowest BCUT2D eigenvalue weighted by Gasteiger charge is -1.98. The van der Waals surface area contributed by atoms with Crippen molar-refractivity contribution in [2.24, 2.45) is 0 Å². The lowest BCUT2D eigenvalue weighted by atomic mass is 10.2. The van der Waals surface area contributed by atoms with Crippen LogP contribution in [0, 0.1) is 0 Å². The molecule has 0 atom stereocenters. The maximum Gasteiger partial charge on any atom is 0.259 e. The van der Waals surface area contributed by atoms with Gasteiger partial charge in [-0.2, -0.15) is 0 Å². The Morgan fingerprint density at radius 1 is 1.17 bits per heavy atom. The molecule has 0 aliphatic carbocycles. The molecule has 4 aromatic rings. The molecule has 1 aromatic carbocycles. The van der Waals surface area contributed by atoms with E-state index in [4.69, 9.17) is 11.6 Å². The number of benzene rings is 1. The van der Waals surface area contributed by atoms with Gasteiger partial charge < -0.3 is 4.98 Å². The number of thiophene rings is 2. The number of hydrogen-bond acceptors (Lipinski definition) is 4. The van der Waals surface area contributed by atoms with E-state index in [0.717, 1.165) is 15.3 Å². The highest BCUT2D eigenvalue weighted by Gasteiger charge is 2.11. The minimum absolute atomic E-state index is 0.175. The standard InChI is InChI=1S/C18H11ClN2OS2/c19-14(9-12-7-4-8-23-12)16-20-17(22)13-10-15(24-18(13)21-16)11-5-2-1-3-6-11/h1-10H,(H,20,21,22)/b14-9-. The molecule has 3 aromatic heterocycles. The van der Waals surface area contributed by atoms with Crippen LogP contribution in [0.3, 0.4) is 0 Å². The van der Waals surface area contributed by atoms with Gasteiger partial charge in [-0.05, 0) is 29.2 Å². The van der Waals surface area contributed by atoms with Crippen LogP contribution in [0.5, 0.6) is 0 Å². The largest absolute Gasteiger partial charge is 0.305 e. The van der Waals surface area contributed by atoms with Gasteiger partial charge in [0.25, 0.3) is 5.56 Å². The summed E-state index contributed by atoms with van der Waals surface area (Å²) in [6.07, 6.45) is 1.81. The Morgan fingerprint density at radius 2 is 2.00 bits per heavy atom. The summed E-state index contributed by atoms with van der Waals surface area (Å²) < 4.78 is 0. The van der Waals surface area contributed by atoms with Crippen LogP contribution in [0.2, 0.25) is 0 Å². The first-order chi connectivity index (χ1) is 11.7. The van der Waals surface area contributed by atoms with Crippen molar-refractivity contribution in [2.75, 3.05) is 0 Å². The number of rotatable bonds is 3. The third-order valence-electron chi connectivity index (χ3n) is 3.50. The van der Waals surface area contributed by atoms with Crippen molar-refractivity contribution in [3.8, 4) is 10.4 Å². The van der Waals surface area contributed by atoms with E-state index in [1.165, 1.54) is 11.3 Å². The van der Waals surface area contributed by atoms with Crippen LogP contribution in [0.25, 0.3) is 31.8 Å². The van der Waals surface area contributed by atoms with Gasteiger partial charge in [-0.1, -0.05) is 48.0 Å². The smallest absolute Gasteiger partial charge is 0.259 e. The number of aromatic nitrogens is 2. The number of halogens is 1. The van der Waals surface area contributed by atoms with Gasteiger partial charge in [0.05, 0.1) is 10.4 Å². The SMILES string of the molecule is O=c1[nH]c(/C(Cl)=C/c2cccs2)nc2sc(-c3ccccc3)cc12. The molecule has 0 spiro atoms. The van der Waals surface area contributed by atoms with Gasteiger partial charge in [-0.15, -0.1) is 22.7 Å². The van der Waals surface area contributed by atoms with Gasteiger partial charge in [0.2, 0.25) is 0 Å². The maximum absolute atomic E-state index is 12.4. The van der Waals surface area contributed by atoms with Gasteiger partial charge in [0, 0.05) is 9.75 Å². The van der Waals surface area contributed by atoms with Crippen LogP contribution in [0.15, 0.2) is 58.7 Å². The molecule has 0 radical (unpaired) electrons. The number of fused-ring (bicyclic) bond motifs is 1. The van der Waals surface area contributed by atoms with Crippen molar-refractivity contribution >= 4 is 55.6 Å². The van der Waals surface area contributed by atoms with Gasteiger partial charge >= 0.3 is 0 Å². The Balaban J connectivity index is 1.81. The second-order valence-corrected chi connectivity index (χ2v) is 7.53. The normalized spacial score (nSPS) is 12.0. The van der Waals surface area contributed by atoms with Crippen molar-refractivity contribution < 1.29 is 0 Å². The van der Waals surface area contributed by atoms with Crippen LogP contribution in [-0.2, 0) is 0 Å². The van der Waals surface area contributed by atoms with Crippen LogP contribution in [-0.4, -0.2) is 9.97 Å². The van der Waals surface area contributed by atoms with Crippen LogP contribution >= 0.6 is 34.3 Å². The molecular formula is C18H11ClN2OS2. The molecule has 0 saturated carbocycles. The summed E-state index contributed by atoms with van der Waals surface area (Å²) in [5.41, 5.74) is 0.896. The topological polar surface area (TPSA) is 45.8 Å². The zero-order valence-electron chi connectivity index (χ0n) is 12.3. The van der Waals surface area contributed by atoms with E-state index in [2.05, 4.69) is 9.97 Å². The summed E-state index contributed by atoms with van der Waals surface area (Å²) in [6.45, 7) is 0. The molecule has 0 amide bonds. The quantitative estimate of drug-likeness (QED) is 0.521. The molecule has 0 aliphatic heterocycles. The lowest BCUT2D eigenvalue weighted by Crippen LogP contribution is -2.09. The Hall–Kier alpha value is -2.21. The average molecular weight is 371 g/mol. The van der Waals surface area contributed by atoms with E-state index in [1.807, 2.05) is 60.0 Å². The molecule has 0 bridgehead atoms. The van der Waals surface area contributed by atoms with Crippen LogP contribution in [0.4, 0.5) is 0 Å². The van der Waals surface area contributed by atoms with E-state index >= 15 is 0 Å². The Labute approximate surface area is 150 Å². The van der Waals surface area contributed by atoms with Crippen molar-refractivity contribution in [2.45, 2.75) is 0 Å². The number of nitrogens with one attached hydrogen (secondary N) is 1. The Kier molecular flexibility index (Phi) is 4.06. The maximum atomic E-state index is 12.4. The Bertz CT molecular complexity index is 1080. The monoisotopic (exact) mass is 370 g/mol. The molecule has 118 valence electrons. The predicted octanol–water partition coefficient (Wildman–Crippen LogP) is 5.45. The average Bonchev–Trinajstić information content (AvgIpc) is 3.25. The number of nitrogens with zero attached hydrogens (tertiary/aromatic N) is 1. The molecule has 24 heavy (non-hydrogen) atoms. The lowest BCUT2D eigenvalue weighted by molar-refractivity contribution is 1.14. The van der Waals surface area contributed by atoms with Gasteiger partial charge in [0.1, 0.15) is 4.83 Å². The zero-order chi connectivity index (χ0) is 16.5. The van der Waals surface area contributed by atoms with Gasteiger partial charge in [0.15, 0.2) is 5.82 Å². The summed E-state index contributed by atoms with van der Waals surface area (Å²) in [7, 11) is 0. The highest BCUT2D eigenvalue weighted by molar-refractivity contribution is 7.21. The summed E-state index contributed by atoms with van der Waals surface area (Å²) in [5, 5.41) is 2.98. The predicted molar refractivity (Wildman–Crippen MR) is 104 cm³/mol. The van der Waals surface area contributed by atoms with E-state index in [-0.39, 0.29) is 5.56 Å². The summed E-state index contributed by atoms with van der Waals surface area (Å²) in [4.78, 5) is 22.4. The minimum atomic E-state index is -0.175. The molecule has 0 aliphatic rings. The molecule has 1 N–H and O–H groups in total. The van der Waals surface area contributed by atoms with Gasteiger partial charge in [-0.3, -0.25) is 4.79 Å². The first kappa shape index (κ1) is 15.3. The molecule has 0 unspecified atom stereocenters. The molecule has 0 saturated heterocycles. The van der Waals surface area contributed by atoms with Crippen molar-refractivity contribution in [1.82, 2.24) is 9.97 Å². The minimum Gasteiger partial charge on any atom is -0.305 e. The van der Waals surface area contributed by atoms with E-state index in [0.29, 0.717) is 21.1 Å². The van der Waals surface area contributed by atoms with Crippen molar-refractivity contribution in [1.29, 1.82) is 0 Å². The number of hydrogen-bond donors (Lipinski definition) is 1. The highest BCUT2D eigenvalue weighted by atomic mass is 35.5. The highest BCUT2D eigenvalue weighted by Crippen LogP contribution is 2.31. The van der Waals surface area contributed by atoms with Crippen molar-refractivity contribution in [3.63, 3.8) is 0 Å². The molecule has 3 nitrogen and oxygen atoms in total. The van der Waals surface area contributed by atoms with E-state index < -0.39 is 0 Å². The Morgan fingerprint density at radius 3 is 2.75 bits per heavy atom. The first-order valence-electron chi connectivity index (χ1n) is 7.21. The summed E-state index contributed by atoms with van der Waals surface area (Å²) >= 11 is 9.40. The summed E-state index contributed by atoms with van der Waals surface area (Å²) in [6, 6.07) is 15.7. The molecule has 0 fully saturated rings. The zero-order valence-corrected chi connectivity index (χ0v) is 14.7. The van der Waals surface area contributed by atoms with E-state index in [1.54, 1.807) is 11.3 Å².